The van der Waals surface area contributed by atoms with E-state index in [1.165, 1.54) is 4.68 Å². The molecule has 2 N–H and O–H groups in total. The zero-order valence-corrected chi connectivity index (χ0v) is 13.0. The molecule has 0 saturated heterocycles. The third kappa shape index (κ3) is 2.77. The van der Waals surface area contributed by atoms with Gasteiger partial charge in [0.15, 0.2) is 0 Å². The lowest BCUT2D eigenvalue weighted by Gasteiger charge is -2.14. The molecule has 0 amide bonds. The maximum atomic E-state index is 12.0. The maximum Gasteiger partial charge on any atom is 0.360 e. The average molecular weight is 367 g/mol. The fraction of sp³-hybridized carbons (Fsp3) is 0.143. The van der Waals surface area contributed by atoms with Crippen LogP contribution in [0.2, 0.25) is 0 Å². The van der Waals surface area contributed by atoms with Crippen LogP contribution in [0.3, 0.4) is 0 Å². The van der Waals surface area contributed by atoms with E-state index in [1.807, 2.05) is 0 Å². The molecule has 0 fully saturated rings. The van der Waals surface area contributed by atoms with Gasteiger partial charge in [-0.15, -0.1) is 0 Å². The fourth-order valence-electron chi connectivity index (χ4n) is 2.04. The van der Waals surface area contributed by atoms with Crippen LogP contribution >= 0.6 is 15.9 Å². The number of aromatic carboxylic acids is 2. The monoisotopic (exact) mass is 366 g/mol. The molecule has 0 saturated carbocycles. The fourth-order valence-corrected chi connectivity index (χ4v) is 2.31. The quantitative estimate of drug-likeness (QED) is 0.855. The summed E-state index contributed by atoms with van der Waals surface area (Å²) in [7, 11) is 0. The van der Waals surface area contributed by atoms with E-state index in [-0.39, 0.29) is 12.1 Å². The van der Waals surface area contributed by atoms with Crippen LogP contribution in [0, 0.1) is 0 Å². The van der Waals surface area contributed by atoms with E-state index in [1.54, 1.807) is 31.2 Å². The molecule has 0 unspecified atom stereocenters. The van der Waals surface area contributed by atoms with Crippen molar-refractivity contribution in [3.05, 3.63) is 55.9 Å². The molecule has 2 rings (SSSR count). The van der Waals surface area contributed by atoms with Crippen molar-refractivity contribution in [2.45, 2.75) is 13.3 Å². The molecule has 114 valence electrons. The van der Waals surface area contributed by atoms with Gasteiger partial charge in [0.1, 0.15) is 5.56 Å². The molecule has 1 aromatic heterocycles. The molecule has 8 heteroatoms. The normalized spacial score (nSPS) is 10.5. The number of carbonyl (C=O) groups is 2. The van der Waals surface area contributed by atoms with Crippen LogP contribution < -0.4 is 5.43 Å². The van der Waals surface area contributed by atoms with Crippen molar-refractivity contribution in [2.75, 3.05) is 0 Å². The molecule has 0 aliphatic carbocycles. The lowest BCUT2D eigenvalue weighted by atomic mass is 10.1. The summed E-state index contributed by atoms with van der Waals surface area (Å²) in [6.45, 7) is 1.67. The summed E-state index contributed by atoms with van der Waals surface area (Å²) in [5.74, 6) is -3.04. The molecule has 22 heavy (non-hydrogen) atoms. The summed E-state index contributed by atoms with van der Waals surface area (Å²) in [5.41, 5.74) is -1.88. The summed E-state index contributed by atoms with van der Waals surface area (Å²) in [5, 5.41) is 22.1. The van der Waals surface area contributed by atoms with Gasteiger partial charge in [0, 0.05) is 4.47 Å². The molecule has 7 nitrogen and oxygen atoms in total. The minimum Gasteiger partial charge on any atom is -0.477 e. The number of carboxylic acids is 2. The second kappa shape index (κ2) is 6.10. The Balaban J connectivity index is 2.88. The summed E-state index contributed by atoms with van der Waals surface area (Å²) in [4.78, 5) is 34.6. The molecule has 0 aliphatic rings. The van der Waals surface area contributed by atoms with Crippen molar-refractivity contribution < 1.29 is 19.8 Å². The number of hydrogen-bond acceptors (Lipinski definition) is 4. The van der Waals surface area contributed by atoms with Gasteiger partial charge in [-0.2, -0.15) is 5.10 Å². The molecular weight excluding hydrogens is 356 g/mol. The molecule has 0 radical (unpaired) electrons. The van der Waals surface area contributed by atoms with Crippen LogP contribution in [-0.4, -0.2) is 31.9 Å². The van der Waals surface area contributed by atoms with Crippen LogP contribution in [0.25, 0.3) is 5.69 Å². The Morgan fingerprint density at radius 1 is 1.18 bits per heavy atom. The standard InChI is InChI=1S/C14H11BrN2O5/c1-2-9-10(13(19)20)12(18)11(14(21)22)16-17(9)8-5-3-7(15)4-6-8/h3-6H,2H2,1H3,(H,19,20)(H,21,22). The van der Waals surface area contributed by atoms with E-state index < -0.39 is 28.6 Å². The average Bonchev–Trinajstić information content (AvgIpc) is 2.46. The van der Waals surface area contributed by atoms with Gasteiger partial charge in [0.2, 0.25) is 11.1 Å². The number of halogens is 1. The Hall–Kier alpha value is -2.48. The maximum absolute atomic E-state index is 12.0. The van der Waals surface area contributed by atoms with Crippen molar-refractivity contribution in [1.82, 2.24) is 9.78 Å². The molecule has 0 spiro atoms. The van der Waals surface area contributed by atoms with Crippen LogP contribution in [-0.2, 0) is 6.42 Å². The first-order valence-corrected chi connectivity index (χ1v) is 7.04. The molecular formula is C14H11BrN2O5. The highest BCUT2D eigenvalue weighted by Crippen LogP contribution is 2.17. The summed E-state index contributed by atoms with van der Waals surface area (Å²) in [6, 6.07) is 6.68. The molecule has 0 bridgehead atoms. The first-order chi connectivity index (χ1) is 10.4. The van der Waals surface area contributed by atoms with E-state index in [0.29, 0.717) is 5.69 Å². The van der Waals surface area contributed by atoms with Crippen molar-refractivity contribution in [3.8, 4) is 5.69 Å². The van der Waals surface area contributed by atoms with Gasteiger partial charge in [-0.05, 0) is 30.7 Å². The van der Waals surface area contributed by atoms with Gasteiger partial charge in [-0.3, -0.25) is 4.79 Å². The lowest BCUT2D eigenvalue weighted by Crippen LogP contribution is -2.30. The minimum atomic E-state index is -1.57. The number of benzene rings is 1. The van der Waals surface area contributed by atoms with Crippen molar-refractivity contribution in [3.63, 3.8) is 0 Å². The Bertz CT molecular complexity index is 811. The Kier molecular flexibility index (Phi) is 4.41. The second-order valence-corrected chi connectivity index (χ2v) is 5.27. The molecule has 0 atom stereocenters. The number of rotatable bonds is 4. The van der Waals surface area contributed by atoms with Crippen LogP contribution in [0.5, 0.6) is 0 Å². The van der Waals surface area contributed by atoms with E-state index >= 15 is 0 Å². The first-order valence-electron chi connectivity index (χ1n) is 6.25. The number of carboxylic acid groups (broad SMARTS) is 2. The van der Waals surface area contributed by atoms with E-state index in [4.69, 9.17) is 5.11 Å². The van der Waals surface area contributed by atoms with Crippen molar-refractivity contribution >= 4 is 27.9 Å². The van der Waals surface area contributed by atoms with Crippen LogP contribution in [0.1, 0.15) is 33.5 Å². The molecule has 1 aromatic carbocycles. The third-order valence-electron chi connectivity index (χ3n) is 3.01. The van der Waals surface area contributed by atoms with Crippen molar-refractivity contribution in [2.24, 2.45) is 0 Å². The lowest BCUT2D eigenvalue weighted by molar-refractivity contribution is 0.0685. The molecule has 0 aliphatic heterocycles. The van der Waals surface area contributed by atoms with Gasteiger partial charge in [-0.25, -0.2) is 14.3 Å². The predicted octanol–water partition coefficient (Wildman–Crippen LogP) is 1.95. The van der Waals surface area contributed by atoms with Gasteiger partial charge in [-0.1, -0.05) is 22.9 Å². The Morgan fingerprint density at radius 3 is 2.23 bits per heavy atom. The summed E-state index contributed by atoms with van der Waals surface area (Å²) < 4.78 is 1.98. The SMILES string of the molecule is CCc1c(C(=O)O)c(=O)c(C(=O)O)nn1-c1ccc(Br)cc1. The van der Waals surface area contributed by atoms with Gasteiger partial charge in [0.25, 0.3) is 0 Å². The number of aromatic nitrogens is 2. The zero-order valence-electron chi connectivity index (χ0n) is 11.4. The first kappa shape index (κ1) is 15.9. The summed E-state index contributed by atoms with van der Waals surface area (Å²) in [6.07, 6.45) is 0.208. The third-order valence-corrected chi connectivity index (χ3v) is 3.54. The van der Waals surface area contributed by atoms with Gasteiger partial charge in [0.05, 0.1) is 11.4 Å². The largest absolute Gasteiger partial charge is 0.477 e. The zero-order chi connectivity index (χ0) is 16.4. The second-order valence-electron chi connectivity index (χ2n) is 4.35. The van der Waals surface area contributed by atoms with Gasteiger partial charge >= 0.3 is 11.9 Å². The molecule has 1 heterocycles. The summed E-state index contributed by atoms with van der Waals surface area (Å²) >= 11 is 3.27. The number of hydrogen-bond donors (Lipinski definition) is 2. The highest BCUT2D eigenvalue weighted by molar-refractivity contribution is 9.10. The molecule has 2 aromatic rings. The smallest absolute Gasteiger partial charge is 0.360 e. The van der Waals surface area contributed by atoms with Crippen LogP contribution in [0.4, 0.5) is 0 Å². The van der Waals surface area contributed by atoms with E-state index in [0.717, 1.165) is 4.47 Å². The highest BCUT2D eigenvalue weighted by atomic mass is 79.9. The van der Waals surface area contributed by atoms with E-state index in [2.05, 4.69) is 21.0 Å². The van der Waals surface area contributed by atoms with Crippen LogP contribution in [0.15, 0.2) is 33.5 Å². The van der Waals surface area contributed by atoms with E-state index in [9.17, 15) is 19.5 Å². The number of nitrogens with zero attached hydrogens (tertiary/aromatic N) is 2. The van der Waals surface area contributed by atoms with Crippen molar-refractivity contribution in [1.29, 1.82) is 0 Å². The Labute approximate surface area is 133 Å². The highest BCUT2D eigenvalue weighted by Gasteiger charge is 2.25. The predicted molar refractivity (Wildman–Crippen MR) is 80.8 cm³/mol. The Morgan fingerprint density at radius 2 is 1.77 bits per heavy atom. The minimum absolute atomic E-state index is 0.143. The van der Waals surface area contributed by atoms with Gasteiger partial charge < -0.3 is 10.2 Å². The topological polar surface area (TPSA) is 109 Å².